The highest BCUT2D eigenvalue weighted by Gasteiger charge is 2.15. The number of hydrogen-bond acceptors (Lipinski definition) is 4. The highest BCUT2D eigenvalue weighted by atomic mass is 16.5. The summed E-state index contributed by atoms with van der Waals surface area (Å²) >= 11 is 0. The smallest absolute Gasteiger partial charge is 0.251 e. The lowest BCUT2D eigenvalue weighted by atomic mass is 10.0. The van der Waals surface area contributed by atoms with Crippen molar-refractivity contribution in [1.29, 1.82) is 0 Å². The predicted molar refractivity (Wildman–Crippen MR) is 77.7 cm³/mol. The Morgan fingerprint density at radius 1 is 1.30 bits per heavy atom. The van der Waals surface area contributed by atoms with Crippen molar-refractivity contribution in [3.63, 3.8) is 0 Å². The Bertz CT molecular complexity index is 471. The molecule has 1 aromatic carbocycles. The Morgan fingerprint density at radius 3 is 2.60 bits per heavy atom. The van der Waals surface area contributed by atoms with Crippen LogP contribution >= 0.6 is 0 Å². The van der Waals surface area contributed by atoms with Crippen molar-refractivity contribution in [3.05, 3.63) is 35.9 Å². The van der Waals surface area contributed by atoms with Gasteiger partial charge in [0.1, 0.15) is 0 Å². The molecule has 1 N–H and O–H groups in total. The van der Waals surface area contributed by atoms with Gasteiger partial charge in [0.2, 0.25) is 0 Å². The van der Waals surface area contributed by atoms with Crippen molar-refractivity contribution in [2.24, 2.45) is 0 Å². The predicted octanol–water partition coefficient (Wildman–Crippen LogP) is 1.81. The fraction of sp³-hybridized carbons (Fsp3) is 0.400. The molecule has 20 heavy (non-hydrogen) atoms. The first-order valence-electron chi connectivity index (χ1n) is 6.30. The van der Waals surface area contributed by atoms with Crippen LogP contribution in [0.15, 0.2) is 24.8 Å². The van der Waals surface area contributed by atoms with Gasteiger partial charge in [-0.25, -0.2) is 0 Å². The summed E-state index contributed by atoms with van der Waals surface area (Å²) < 4.78 is 15.5. The van der Waals surface area contributed by atoms with E-state index in [1.807, 2.05) is 0 Å². The maximum atomic E-state index is 12.1. The third kappa shape index (κ3) is 3.99. The van der Waals surface area contributed by atoms with Gasteiger partial charge in [-0.15, -0.1) is 6.58 Å². The number of ether oxygens (including phenoxy) is 3. The van der Waals surface area contributed by atoms with Crippen molar-refractivity contribution in [2.75, 3.05) is 34.5 Å². The maximum absolute atomic E-state index is 12.1. The lowest BCUT2D eigenvalue weighted by Gasteiger charge is -2.14. The average Bonchev–Trinajstić information content (AvgIpc) is 2.46. The molecule has 0 radical (unpaired) electrons. The summed E-state index contributed by atoms with van der Waals surface area (Å²) in [5.41, 5.74) is 1.38. The Hall–Kier alpha value is -2.01. The van der Waals surface area contributed by atoms with Crippen LogP contribution < -0.4 is 14.8 Å². The van der Waals surface area contributed by atoms with Crippen molar-refractivity contribution in [3.8, 4) is 11.5 Å². The molecule has 0 bridgehead atoms. The van der Waals surface area contributed by atoms with Crippen LogP contribution in [0.2, 0.25) is 0 Å². The first-order chi connectivity index (χ1) is 9.67. The van der Waals surface area contributed by atoms with Gasteiger partial charge >= 0.3 is 0 Å². The highest BCUT2D eigenvalue weighted by molar-refractivity contribution is 5.95. The van der Waals surface area contributed by atoms with E-state index in [9.17, 15) is 4.79 Å². The van der Waals surface area contributed by atoms with E-state index in [0.717, 1.165) is 5.56 Å². The zero-order valence-electron chi connectivity index (χ0n) is 12.2. The van der Waals surface area contributed by atoms with Gasteiger partial charge in [0.25, 0.3) is 5.91 Å². The molecule has 0 unspecified atom stereocenters. The van der Waals surface area contributed by atoms with Crippen LogP contribution in [0.4, 0.5) is 0 Å². The van der Waals surface area contributed by atoms with Crippen LogP contribution in [0, 0.1) is 0 Å². The van der Waals surface area contributed by atoms with E-state index in [0.29, 0.717) is 36.6 Å². The molecule has 5 heteroatoms. The topological polar surface area (TPSA) is 56.8 Å². The number of nitrogens with one attached hydrogen (secondary N) is 1. The summed E-state index contributed by atoms with van der Waals surface area (Å²) in [5.74, 6) is 0.984. The quantitative estimate of drug-likeness (QED) is 0.582. The Balaban J connectivity index is 3.04. The van der Waals surface area contributed by atoms with Gasteiger partial charge < -0.3 is 19.5 Å². The number of carbonyl (C=O) groups is 1. The molecule has 0 aromatic heterocycles. The third-order valence-electron chi connectivity index (χ3n) is 2.77. The van der Waals surface area contributed by atoms with Crippen LogP contribution in [0.3, 0.4) is 0 Å². The summed E-state index contributed by atoms with van der Waals surface area (Å²) in [6.45, 7) is 4.64. The Labute approximate surface area is 119 Å². The molecule has 0 aliphatic carbocycles. The molecular weight excluding hydrogens is 258 g/mol. The first kappa shape index (κ1) is 16.0. The van der Waals surface area contributed by atoms with E-state index in [4.69, 9.17) is 14.2 Å². The van der Waals surface area contributed by atoms with Crippen molar-refractivity contribution in [1.82, 2.24) is 5.32 Å². The number of rotatable bonds is 8. The molecule has 0 aliphatic heterocycles. The molecule has 1 aromatic rings. The van der Waals surface area contributed by atoms with Gasteiger partial charge in [0, 0.05) is 24.8 Å². The van der Waals surface area contributed by atoms with Gasteiger partial charge in [-0.1, -0.05) is 6.08 Å². The zero-order chi connectivity index (χ0) is 15.0. The molecule has 0 aliphatic rings. The van der Waals surface area contributed by atoms with E-state index in [1.165, 1.54) is 0 Å². The Kier molecular flexibility index (Phi) is 6.59. The van der Waals surface area contributed by atoms with Crippen molar-refractivity contribution < 1.29 is 19.0 Å². The summed E-state index contributed by atoms with van der Waals surface area (Å²) in [6.07, 6.45) is 2.35. The molecule has 5 nitrogen and oxygen atoms in total. The molecule has 1 rings (SSSR count). The van der Waals surface area contributed by atoms with Gasteiger partial charge in [0.15, 0.2) is 11.5 Å². The van der Waals surface area contributed by atoms with E-state index in [-0.39, 0.29) is 5.91 Å². The fourth-order valence-corrected chi connectivity index (χ4v) is 1.85. The van der Waals surface area contributed by atoms with E-state index >= 15 is 0 Å². The van der Waals surface area contributed by atoms with Crippen LogP contribution in [0.25, 0.3) is 0 Å². The lowest BCUT2D eigenvalue weighted by Crippen LogP contribution is -2.27. The molecule has 0 heterocycles. The van der Waals surface area contributed by atoms with Gasteiger partial charge in [-0.05, 0) is 18.6 Å². The van der Waals surface area contributed by atoms with Crippen LogP contribution in [0.1, 0.15) is 15.9 Å². The molecule has 1 amide bonds. The number of carbonyl (C=O) groups excluding carboxylic acids is 1. The van der Waals surface area contributed by atoms with E-state index < -0.39 is 0 Å². The maximum Gasteiger partial charge on any atom is 0.251 e. The van der Waals surface area contributed by atoms with Gasteiger partial charge in [-0.3, -0.25) is 4.79 Å². The van der Waals surface area contributed by atoms with Gasteiger partial charge in [-0.2, -0.15) is 0 Å². The molecule has 0 spiro atoms. The number of amides is 1. The monoisotopic (exact) mass is 279 g/mol. The summed E-state index contributed by atoms with van der Waals surface area (Å²) in [6, 6.07) is 3.44. The first-order valence-corrected chi connectivity index (χ1v) is 6.30. The lowest BCUT2D eigenvalue weighted by molar-refractivity contribution is 0.0936. The molecule has 0 saturated carbocycles. The second-order valence-electron chi connectivity index (χ2n) is 4.11. The average molecular weight is 279 g/mol. The molecule has 0 atom stereocenters. The number of benzene rings is 1. The molecular formula is C15H21NO4. The van der Waals surface area contributed by atoms with Gasteiger partial charge in [0.05, 0.1) is 20.8 Å². The third-order valence-corrected chi connectivity index (χ3v) is 2.77. The van der Waals surface area contributed by atoms with E-state index in [2.05, 4.69) is 11.9 Å². The standard InChI is InChI=1S/C15H21NO4/c1-5-6-11-9-12(15(17)16-7-8-18-2)10-13(19-3)14(11)20-4/h5,9-10H,1,6-8H2,2-4H3,(H,16,17). The minimum atomic E-state index is -0.173. The number of hydrogen-bond donors (Lipinski definition) is 1. The number of methoxy groups -OCH3 is 3. The van der Waals surface area contributed by atoms with Crippen LogP contribution in [0.5, 0.6) is 11.5 Å². The summed E-state index contributed by atoms with van der Waals surface area (Å²) in [5, 5.41) is 2.77. The summed E-state index contributed by atoms with van der Waals surface area (Å²) in [4.78, 5) is 12.1. The Morgan fingerprint density at radius 2 is 2.05 bits per heavy atom. The van der Waals surface area contributed by atoms with Crippen molar-refractivity contribution >= 4 is 5.91 Å². The SMILES string of the molecule is C=CCc1cc(C(=O)NCCOC)cc(OC)c1OC. The minimum absolute atomic E-state index is 0.173. The normalized spacial score (nSPS) is 9.95. The van der Waals surface area contributed by atoms with Crippen LogP contribution in [-0.4, -0.2) is 40.4 Å². The highest BCUT2D eigenvalue weighted by Crippen LogP contribution is 2.33. The largest absolute Gasteiger partial charge is 0.493 e. The van der Waals surface area contributed by atoms with E-state index in [1.54, 1.807) is 39.5 Å². The van der Waals surface area contributed by atoms with Crippen molar-refractivity contribution in [2.45, 2.75) is 6.42 Å². The molecule has 0 saturated heterocycles. The summed E-state index contributed by atoms with van der Waals surface area (Å²) in [7, 11) is 4.70. The number of allylic oxidation sites excluding steroid dienone is 1. The fourth-order valence-electron chi connectivity index (χ4n) is 1.85. The van der Waals surface area contributed by atoms with Crippen LogP contribution in [-0.2, 0) is 11.2 Å². The molecule has 0 fully saturated rings. The second kappa shape index (κ2) is 8.22. The minimum Gasteiger partial charge on any atom is -0.493 e. The molecule has 110 valence electrons. The second-order valence-corrected chi connectivity index (χ2v) is 4.11. The zero-order valence-corrected chi connectivity index (χ0v) is 12.2.